The molecule has 0 bridgehead atoms. The molecule has 18 heavy (non-hydrogen) atoms. The van der Waals surface area contributed by atoms with Crippen molar-refractivity contribution in [2.45, 2.75) is 57.7 Å². The van der Waals surface area contributed by atoms with E-state index in [1.54, 1.807) is 0 Å². The Morgan fingerprint density at radius 3 is 2.39 bits per heavy atom. The summed E-state index contributed by atoms with van der Waals surface area (Å²) in [5.41, 5.74) is 6.52. The summed E-state index contributed by atoms with van der Waals surface area (Å²) in [6.45, 7) is 5.95. The molecule has 0 aliphatic heterocycles. The first-order valence-corrected chi connectivity index (χ1v) is 6.53. The van der Waals surface area contributed by atoms with Crippen LogP contribution in [0.15, 0.2) is 0 Å². The van der Waals surface area contributed by atoms with E-state index in [9.17, 15) is 13.2 Å². The highest BCUT2D eigenvalue weighted by atomic mass is 32.1. The van der Waals surface area contributed by atoms with Crippen molar-refractivity contribution in [3.8, 4) is 0 Å². The molecule has 0 fully saturated rings. The van der Waals surface area contributed by atoms with Crippen molar-refractivity contribution in [3.05, 3.63) is 10.6 Å². The maximum Gasteiger partial charge on any atom is 0.389 e. The van der Waals surface area contributed by atoms with Crippen molar-refractivity contribution in [2.75, 3.05) is 0 Å². The van der Waals surface area contributed by atoms with Crippen molar-refractivity contribution >= 4 is 11.5 Å². The summed E-state index contributed by atoms with van der Waals surface area (Å²) in [4.78, 5) is 0.796. The van der Waals surface area contributed by atoms with Gasteiger partial charge >= 0.3 is 6.18 Å². The molecule has 104 valence electrons. The van der Waals surface area contributed by atoms with Crippen LogP contribution in [0.3, 0.4) is 0 Å². The second-order valence-corrected chi connectivity index (χ2v) is 6.14. The van der Waals surface area contributed by atoms with E-state index in [0.717, 1.165) is 10.6 Å². The summed E-state index contributed by atoms with van der Waals surface area (Å²) >= 11 is 1.18. The van der Waals surface area contributed by atoms with Gasteiger partial charge in [0.1, 0.15) is 0 Å². The Balaban J connectivity index is 2.63. The highest BCUT2D eigenvalue weighted by Crippen LogP contribution is 2.32. The Morgan fingerprint density at radius 1 is 1.28 bits per heavy atom. The van der Waals surface area contributed by atoms with Gasteiger partial charge in [0.2, 0.25) is 0 Å². The Hall–Kier alpha value is -0.690. The van der Waals surface area contributed by atoms with E-state index >= 15 is 0 Å². The summed E-state index contributed by atoms with van der Waals surface area (Å²) in [6, 6.07) is -0.415. The van der Waals surface area contributed by atoms with Crippen LogP contribution in [0.5, 0.6) is 0 Å². The number of nitrogens with two attached hydrogens (primary N) is 1. The van der Waals surface area contributed by atoms with Crippen molar-refractivity contribution < 1.29 is 13.2 Å². The predicted octanol–water partition coefficient (Wildman–Crippen LogP) is 3.57. The number of aromatic nitrogens is 2. The molecule has 7 heteroatoms. The van der Waals surface area contributed by atoms with E-state index in [1.165, 1.54) is 11.5 Å². The van der Waals surface area contributed by atoms with Crippen LogP contribution in [-0.4, -0.2) is 15.8 Å². The molecule has 1 unspecified atom stereocenters. The fourth-order valence-corrected chi connectivity index (χ4v) is 2.51. The van der Waals surface area contributed by atoms with E-state index in [1.807, 2.05) is 20.8 Å². The molecule has 0 aliphatic carbocycles. The average molecular weight is 281 g/mol. The molecule has 0 amide bonds. The van der Waals surface area contributed by atoms with Gasteiger partial charge in [-0.3, -0.25) is 0 Å². The number of hydrogen-bond donors (Lipinski definition) is 1. The molecular formula is C11H18F3N3S. The SMILES string of the molecule is CC(C)(C)c1nnsc1C(N)CCCC(F)(F)F. The van der Waals surface area contributed by atoms with Crippen molar-refractivity contribution in [1.82, 2.24) is 9.59 Å². The van der Waals surface area contributed by atoms with Gasteiger partial charge in [0.15, 0.2) is 0 Å². The molecule has 0 radical (unpaired) electrons. The van der Waals surface area contributed by atoms with Crippen LogP contribution >= 0.6 is 11.5 Å². The molecule has 2 N–H and O–H groups in total. The first-order chi connectivity index (χ1) is 8.11. The van der Waals surface area contributed by atoms with E-state index in [0.29, 0.717) is 6.42 Å². The van der Waals surface area contributed by atoms with E-state index < -0.39 is 18.6 Å². The first kappa shape index (κ1) is 15.4. The molecule has 1 heterocycles. The number of nitrogens with zero attached hydrogens (tertiary/aromatic N) is 2. The molecule has 0 aromatic carbocycles. The predicted molar refractivity (Wildman–Crippen MR) is 65.4 cm³/mol. The van der Waals surface area contributed by atoms with Gasteiger partial charge in [0.05, 0.1) is 10.6 Å². The van der Waals surface area contributed by atoms with Crippen LogP contribution in [-0.2, 0) is 5.41 Å². The molecule has 0 saturated heterocycles. The molecule has 1 rings (SSSR count). The summed E-state index contributed by atoms with van der Waals surface area (Å²) in [7, 11) is 0. The average Bonchev–Trinajstić information content (AvgIpc) is 2.62. The zero-order valence-corrected chi connectivity index (χ0v) is 11.5. The zero-order valence-electron chi connectivity index (χ0n) is 10.7. The van der Waals surface area contributed by atoms with Crippen molar-refractivity contribution in [2.24, 2.45) is 5.73 Å². The van der Waals surface area contributed by atoms with Crippen LogP contribution in [0.2, 0.25) is 0 Å². The quantitative estimate of drug-likeness (QED) is 0.918. The highest BCUT2D eigenvalue weighted by molar-refractivity contribution is 7.05. The van der Waals surface area contributed by atoms with Crippen molar-refractivity contribution in [3.63, 3.8) is 0 Å². The van der Waals surface area contributed by atoms with Gasteiger partial charge in [-0.15, -0.1) is 5.10 Å². The van der Waals surface area contributed by atoms with Gasteiger partial charge in [0.25, 0.3) is 0 Å². The van der Waals surface area contributed by atoms with Crippen LogP contribution in [0.1, 0.15) is 56.6 Å². The van der Waals surface area contributed by atoms with E-state index in [4.69, 9.17) is 5.73 Å². The lowest BCUT2D eigenvalue weighted by Crippen LogP contribution is -2.19. The van der Waals surface area contributed by atoms with E-state index in [2.05, 4.69) is 9.59 Å². The lowest BCUT2D eigenvalue weighted by molar-refractivity contribution is -0.135. The fraction of sp³-hybridized carbons (Fsp3) is 0.818. The van der Waals surface area contributed by atoms with Crippen molar-refractivity contribution in [1.29, 1.82) is 0 Å². The Kier molecular flexibility index (Phi) is 4.72. The number of rotatable bonds is 4. The summed E-state index contributed by atoms with van der Waals surface area (Å²) in [5, 5.41) is 4.03. The maximum atomic E-state index is 12.1. The third-order valence-electron chi connectivity index (χ3n) is 2.54. The summed E-state index contributed by atoms with van der Waals surface area (Å²) in [5.74, 6) is 0. The van der Waals surface area contributed by atoms with Crippen LogP contribution in [0, 0.1) is 0 Å². The zero-order chi connectivity index (χ0) is 14.0. The van der Waals surface area contributed by atoms with Crippen LogP contribution in [0.4, 0.5) is 13.2 Å². The molecule has 0 spiro atoms. The van der Waals surface area contributed by atoms with Gasteiger partial charge < -0.3 is 5.73 Å². The van der Waals surface area contributed by atoms with Gasteiger partial charge in [0, 0.05) is 17.9 Å². The second-order valence-electron chi connectivity index (χ2n) is 5.35. The molecule has 3 nitrogen and oxygen atoms in total. The van der Waals surface area contributed by atoms with Crippen LogP contribution in [0.25, 0.3) is 0 Å². The maximum absolute atomic E-state index is 12.1. The van der Waals surface area contributed by atoms with Gasteiger partial charge in [-0.2, -0.15) is 13.2 Å². The molecule has 0 aliphatic rings. The third-order valence-corrected chi connectivity index (χ3v) is 3.39. The van der Waals surface area contributed by atoms with Crippen LogP contribution < -0.4 is 5.73 Å². The molecule has 1 aromatic heterocycles. The Morgan fingerprint density at radius 2 is 1.89 bits per heavy atom. The lowest BCUT2D eigenvalue weighted by Gasteiger charge is -2.19. The number of alkyl halides is 3. The lowest BCUT2D eigenvalue weighted by atomic mass is 9.89. The monoisotopic (exact) mass is 281 g/mol. The molecule has 0 saturated carbocycles. The Bertz CT molecular complexity index is 382. The standard InChI is InChI=1S/C11H18F3N3S/c1-10(2,3)9-8(18-17-16-9)7(15)5-4-6-11(12,13)14/h7H,4-6,15H2,1-3H3. The number of halogens is 3. The fourth-order valence-electron chi connectivity index (χ4n) is 1.61. The van der Waals surface area contributed by atoms with Gasteiger partial charge in [-0.05, 0) is 24.4 Å². The van der Waals surface area contributed by atoms with Gasteiger partial charge in [-0.25, -0.2) is 0 Å². The highest BCUT2D eigenvalue weighted by Gasteiger charge is 2.28. The normalized spacial score (nSPS) is 14.8. The van der Waals surface area contributed by atoms with E-state index in [-0.39, 0.29) is 11.8 Å². The minimum Gasteiger partial charge on any atom is -0.323 e. The minimum absolute atomic E-state index is 0.0339. The van der Waals surface area contributed by atoms with Gasteiger partial charge in [-0.1, -0.05) is 25.3 Å². The molecule has 1 atom stereocenters. The second kappa shape index (κ2) is 5.52. The largest absolute Gasteiger partial charge is 0.389 e. The number of hydrogen-bond acceptors (Lipinski definition) is 4. The smallest absolute Gasteiger partial charge is 0.323 e. The summed E-state index contributed by atoms with van der Waals surface area (Å²) in [6.07, 6.45) is -4.57. The minimum atomic E-state index is -4.11. The molecular weight excluding hydrogens is 263 g/mol. The Labute approximate surface area is 109 Å². The molecule has 1 aromatic rings. The topological polar surface area (TPSA) is 51.8 Å². The third kappa shape index (κ3) is 4.53. The first-order valence-electron chi connectivity index (χ1n) is 5.76. The summed E-state index contributed by atoms with van der Waals surface area (Å²) < 4.78 is 40.0.